The second-order valence-electron chi connectivity index (χ2n) is 6.31. The summed E-state index contributed by atoms with van der Waals surface area (Å²) >= 11 is 0. The summed E-state index contributed by atoms with van der Waals surface area (Å²) < 4.78 is 5.68. The van der Waals surface area contributed by atoms with Gasteiger partial charge in [0, 0.05) is 31.2 Å². The van der Waals surface area contributed by atoms with Crippen LogP contribution in [0.4, 0.5) is 0 Å². The average molecular weight is 240 g/mol. The fourth-order valence-corrected chi connectivity index (χ4v) is 2.84. The van der Waals surface area contributed by atoms with Crippen LogP contribution in [0.15, 0.2) is 0 Å². The number of nitrogens with zero attached hydrogens (tertiary/aromatic N) is 1. The molecule has 3 nitrogen and oxygen atoms in total. The molecule has 17 heavy (non-hydrogen) atoms. The van der Waals surface area contributed by atoms with Crippen molar-refractivity contribution in [3.63, 3.8) is 0 Å². The third-order valence-corrected chi connectivity index (χ3v) is 4.26. The van der Waals surface area contributed by atoms with Crippen molar-refractivity contribution < 1.29 is 4.74 Å². The van der Waals surface area contributed by atoms with Crippen LogP contribution in [0, 0.1) is 5.92 Å². The zero-order valence-corrected chi connectivity index (χ0v) is 11.8. The number of hydrogen-bond donors (Lipinski definition) is 1. The van der Waals surface area contributed by atoms with E-state index in [2.05, 4.69) is 37.9 Å². The van der Waals surface area contributed by atoms with E-state index >= 15 is 0 Å². The summed E-state index contributed by atoms with van der Waals surface area (Å²) in [6.07, 6.45) is 3.17. The van der Waals surface area contributed by atoms with Crippen molar-refractivity contribution in [2.75, 3.05) is 26.2 Å². The minimum atomic E-state index is 0.350. The molecule has 0 aromatic carbocycles. The molecule has 2 fully saturated rings. The van der Waals surface area contributed by atoms with Crippen molar-refractivity contribution in [3.05, 3.63) is 0 Å². The van der Waals surface area contributed by atoms with Crippen LogP contribution in [0.1, 0.15) is 40.5 Å². The van der Waals surface area contributed by atoms with Crippen molar-refractivity contribution in [3.8, 4) is 0 Å². The first kappa shape index (κ1) is 13.3. The Morgan fingerprint density at radius 3 is 2.71 bits per heavy atom. The highest BCUT2D eigenvalue weighted by atomic mass is 16.5. The van der Waals surface area contributed by atoms with Gasteiger partial charge in [0.2, 0.25) is 0 Å². The Hall–Kier alpha value is -0.120. The Bertz CT molecular complexity index is 253. The number of piperazine rings is 1. The third-order valence-electron chi connectivity index (χ3n) is 4.26. The largest absolute Gasteiger partial charge is 0.377 e. The van der Waals surface area contributed by atoms with Gasteiger partial charge in [-0.3, -0.25) is 4.90 Å². The summed E-state index contributed by atoms with van der Waals surface area (Å²) in [5.74, 6) is 0.906. The Kier molecular flexibility index (Phi) is 4.11. The Morgan fingerprint density at radius 2 is 2.12 bits per heavy atom. The molecule has 2 unspecified atom stereocenters. The molecule has 0 aromatic heterocycles. The van der Waals surface area contributed by atoms with E-state index in [0.717, 1.165) is 25.6 Å². The molecule has 1 saturated carbocycles. The van der Waals surface area contributed by atoms with Crippen LogP contribution in [-0.2, 0) is 4.74 Å². The molecule has 1 aliphatic carbocycles. The molecule has 3 heteroatoms. The first-order valence-electron chi connectivity index (χ1n) is 7.12. The predicted octanol–water partition coefficient (Wildman–Crippen LogP) is 1.87. The van der Waals surface area contributed by atoms with E-state index in [4.69, 9.17) is 4.74 Å². The van der Waals surface area contributed by atoms with Crippen molar-refractivity contribution >= 4 is 0 Å². The van der Waals surface area contributed by atoms with Gasteiger partial charge in [0.15, 0.2) is 0 Å². The number of hydrogen-bond acceptors (Lipinski definition) is 3. The molecule has 0 aromatic rings. The average Bonchev–Trinajstić information content (AvgIpc) is 3.07. The molecule has 2 atom stereocenters. The molecular weight excluding hydrogens is 212 g/mol. The van der Waals surface area contributed by atoms with Crippen LogP contribution in [0.25, 0.3) is 0 Å². The highest BCUT2D eigenvalue weighted by Crippen LogP contribution is 2.41. The van der Waals surface area contributed by atoms with Gasteiger partial charge in [0.05, 0.1) is 12.7 Å². The summed E-state index contributed by atoms with van der Waals surface area (Å²) in [5, 5.41) is 3.75. The van der Waals surface area contributed by atoms with Gasteiger partial charge in [-0.1, -0.05) is 0 Å². The van der Waals surface area contributed by atoms with Gasteiger partial charge >= 0.3 is 0 Å². The standard InChI is InChI=1S/C14H28N2O/c1-11(2)17-8-7-16-10-14(4,13-5-6-13)15-9-12(16)3/h11-13,15H,5-10H2,1-4H3. The maximum Gasteiger partial charge on any atom is 0.0597 e. The lowest BCUT2D eigenvalue weighted by atomic mass is 9.91. The van der Waals surface area contributed by atoms with Crippen molar-refractivity contribution in [2.24, 2.45) is 5.92 Å². The van der Waals surface area contributed by atoms with E-state index < -0.39 is 0 Å². The molecule has 0 spiro atoms. The predicted molar refractivity (Wildman–Crippen MR) is 71.3 cm³/mol. The summed E-state index contributed by atoms with van der Waals surface area (Å²) in [5.41, 5.74) is 0.352. The number of rotatable bonds is 5. The van der Waals surface area contributed by atoms with E-state index in [1.54, 1.807) is 0 Å². The van der Waals surface area contributed by atoms with Crippen LogP contribution in [-0.4, -0.2) is 48.8 Å². The van der Waals surface area contributed by atoms with Crippen LogP contribution < -0.4 is 5.32 Å². The molecule has 2 rings (SSSR count). The molecule has 0 radical (unpaired) electrons. The topological polar surface area (TPSA) is 24.5 Å². The molecule has 0 bridgehead atoms. The van der Waals surface area contributed by atoms with Crippen LogP contribution >= 0.6 is 0 Å². The van der Waals surface area contributed by atoms with Gasteiger partial charge in [-0.2, -0.15) is 0 Å². The Labute approximate surface area is 106 Å². The lowest BCUT2D eigenvalue weighted by Crippen LogP contribution is -2.63. The monoisotopic (exact) mass is 240 g/mol. The van der Waals surface area contributed by atoms with Gasteiger partial charge in [-0.05, 0) is 46.5 Å². The SMILES string of the molecule is CC(C)OCCN1CC(C)(C2CC2)NCC1C. The fourth-order valence-electron chi connectivity index (χ4n) is 2.84. The molecule has 100 valence electrons. The quantitative estimate of drug-likeness (QED) is 0.794. The maximum atomic E-state index is 5.68. The zero-order chi connectivity index (χ0) is 12.5. The van der Waals surface area contributed by atoms with E-state index in [1.165, 1.54) is 19.4 Å². The van der Waals surface area contributed by atoms with E-state index in [9.17, 15) is 0 Å². The summed E-state index contributed by atoms with van der Waals surface area (Å²) in [6.45, 7) is 13.2. The first-order chi connectivity index (χ1) is 8.01. The molecule has 0 amide bonds. The zero-order valence-electron chi connectivity index (χ0n) is 11.8. The maximum absolute atomic E-state index is 5.68. The summed E-state index contributed by atoms with van der Waals surface area (Å²) in [7, 11) is 0. The molecular formula is C14H28N2O. The highest BCUT2D eigenvalue weighted by Gasteiger charge is 2.45. The normalized spacial score (nSPS) is 35.5. The van der Waals surface area contributed by atoms with Crippen LogP contribution in [0.2, 0.25) is 0 Å². The molecule has 2 aliphatic rings. The van der Waals surface area contributed by atoms with Gasteiger partial charge < -0.3 is 10.1 Å². The van der Waals surface area contributed by atoms with E-state index in [0.29, 0.717) is 17.7 Å². The smallest absolute Gasteiger partial charge is 0.0597 e. The molecule has 1 aliphatic heterocycles. The van der Waals surface area contributed by atoms with Crippen molar-refractivity contribution in [1.82, 2.24) is 10.2 Å². The summed E-state index contributed by atoms with van der Waals surface area (Å²) in [6, 6.07) is 0.637. The van der Waals surface area contributed by atoms with Crippen molar-refractivity contribution in [1.29, 1.82) is 0 Å². The van der Waals surface area contributed by atoms with Gasteiger partial charge in [-0.25, -0.2) is 0 Å². The van der Waals surface area contributed by atoms with Gasteiger partial charge in [-0.15, -0.1) is 0 Å². The van der Waals surface area contributed by atoms with Crippen LogP contribution in [0.5, 0.6) is 0 Å². The van der Waals surface area contributed by atoms with Crippen LogP contribution in [0.3, 0.4) is 0 Å². The molecule has 1 heterocycles. The Morgan fingerprint density at radius 1 is 1.41 bits per heavy atom. The third kappa shape index (κ3) is 3.43. The highest BCUT2D eigenvalue weighted by molar-refractivity contribution is 5.03. The molecule has 1 saturated heterocycles. The lowest BCUT2D eigenvalue weighted by molar-refractivity contribution is 0.0237. The van der Waals surface area contributed by atoms with Gasteiger partial charge in [0.1, 0.15) is 0 Å². The van der Waals surface area contributed by atoms with E-state index in [1.807, 2.05) is 0 Å². The second kappa shape index (κ2) is 5.25. The summed E-state index contributed by atoms with van der Waals surface area (Å²) in [4.78, 5) is 2.59. The minimum Gasteiger partial charge on any atom is -0.377 e. The minimum absolute atomic E-state index is 0.350. The second-order valence-corrected chi connectivity index (χ2v) is 6.31. The number of nitrogens with one attached hydrogen (secondary N) is 1. The van der Waals surface area contributed by atoms with Gasteiger partial charge in [0.25, 0.3) is 0 Å². The number of ether oxygens (including phenoxy) is 1. The Balaban J connectivity index is 1.82. The molecule has 1 N–H and O–H groups in total. The first-order valence-corrected chi connectivity index (χ1v) is 7.12. The van der Waals surface area contributed by atoms with E-state index in [-0.39, 0.29) is 0 Å². The lowest BCUT2D eigenvalue weighted by Gasteiger charge is -2.45. The van der Waals surface area contributed by atoms with Crippen molar-refractivity contribution in [2.45, 2.75) is 58.2 Å². The fraction of sp³-hybridized carbons (Fsp3) is 1.00.